The maximum Gasteiger partial charge on any atom is 0.252 e. The first-order chi connectivity index (χ1) is 13.0. The van der Waals surface area contributed by atoms with Crippen LogP contribution in [-0.4, -0.2) is 57.2 Å². The molecule has 1 atom stereocenters. The Bertz CT molecular complexity index is 741. The molecule has 0 bridgehead atoms. The minimum atomic E-state index is -0.0686. The van der Waals surface area contributed by atoms with Crippen LogP contribution in [0.1, 0.15) is 42.3 Å². The van der Waals surface area contributed by atoms with Gasteiger partial charge in [0.1, 0.15) is 11.6 Å². The van der Waals surface area contributed by atoms with E-state index >= 15 is 0 Å². The molecule has 0 aliphatic carbocycles. The number of pyridine rings is 1. The minimum Gasteiger partial charge on any atom is -0.363 e. The van der Waals surface area contributed by atoms with Gasteiger partial charge in [0.2, 0.25) is 0 Å². The molecule has 1 unspecified atom stereocenters. The number of nitrogens with one attached hydrogen (secondary N) is 3. The van der Waals surface area contributed by atoms with Crippen molar-refractivity contribution in [1.82, 2.24) is 30.4 Å². The second-order valence-electron chi connectivity index (χ2n) is 7.64. The van der Waals surface area contributed by atoms with Gasteiger partial charge in [-0.15, -0.1) is 0 Å². The summed E-state index contributed by atoms with van der Waals surface area (Å²) in [6.07, 6.45) is 2.75. The maximum absolute atomic E-state index is 12.3. The van der Waals surface area contributed by atoms with E-state index in [1.54, 1.807) is 18.3 Å². The Morgan fingerprint density at radius 1 is 1.41 bits per heavy atom. The third-order valence-corrected chi connectivity index (χ3v) is 4.64. The van der Waals surface area contributed by atoms with E-state index in [1.807, 2.05) is 6.92 Å². The number of carbonyl (C=O) groups excluding carboxylic acids is 1. The van der Waals surface area contributed by atoms with Crippen molar-refractivity contribution in [2.24, 2.45) is 11.8 Å². The lowest BCUT2D eigenvalue weighted by Crippen LogP contribution is -2.31. The van der Waals surface area contributed by atoms with Gasteiger partial charge in [-0.2, -0.15) is 5.10 Å². The van der Waals surface area contributed by atoms with E-state index in [9.17, 15) is 4.79 Å². The van der Waals surface area contributed by atoms with E-state index in [1.165, 1.54) is 0 Å². The van der Waals surface area contributed by atoms with Crippen LogP contribution in [0, 0.1) is 18.8 Å². The fraction of sp³-hybridized carbons (Fsp3) is 0.579. The summed E-state index contributed by atoms with van der Waals surface area (Å²) in [6.45, 7) is 10.9. The molecule has 1 aliphatic rings. The van der Waals surface area contributed by atoms with E-state index in [2.05, 4.69) is 49.5 Å². The molecule has 1 amide bonds. The van der Waals surface area contributed by atoms with Crippen LogP contribution < -0.4 is 10.6 Å². The van der Waals surface area contributed by atoms with Crippen LogP contribution in [0.4, 0.5) is 5.82 Å². The first-order valence-corrected chi connectivity index (χ1v) is 9.58. The van der Waals surface area contributed by atoms with Gasteiger partial charge >= 0.3 is 0 Å². The molecule has 1 saturated heterocycles. The van der Waals surface area contributed by atoms with Crippen LogP contribution in [0.2, 0.25) is 0 Å². The van der Waals surface area contributed by atoms with Crippen LogP contribution in [0.5, 0.6) is 0 Å². The summed E-state index contributed by atoms with van der Waals surface area (Å²) in [5.41, 5.74) is 0.575. The Kier molecular flexibility index (Phi) is 6.39. The van der Waals surface area contributed by atoms with E-state index in [-0.39, 0.29) is 5.91 Å². The molecule has 2 aromatic rings. The third-order valence-electron chi connectivity index (χ3n) is 4.64. The van der Waals surface area contributed by atoms with Gasteiger partial charge < -0.3 is 15.5 Å². The minimum absolute atomic E-state index is 0.0686. The smallest absolute Gasteiger partial charge is 0.252 e. The Labute approximate surface area is 160 Å². The number of aromatic amines is 1. The molecule has 0 spiro atoms. The van der Waals surface area contributed by atoms with Crippen molar-refractivity contribution in [3.8, 4) is 0 Å². The van der Waals surface area contributed by atoms with Gasteiger partial charge in [0, 0.05) is 25.8 Å². The van der Waals surface area contributed by atoms with Crippen molar-refractivity contribution in [2.75, 3.05) is 31.5 Å². The number of anilines is 1. The van der Waals surface area contributed by atoms with Gasteiger partial charge in [0.15, 0.2) is 5.82 Å². The lowest BCUT2D eigenvalue weighted by molar-refractivity contribution is 0.0947. The molecule has 8 heteroatoms. The van der Waals surface area contributed by atoms with Crippen LogP contribution in [0.15, 0.2) is 18.3 Å². The summed E-state index contributed by atoms with van der Waals surface area (Å²) >= 11 is 0. The van der Waals surface area contributed by atoms with Gasteiger partial charge in [-0.3, -0.25) is 9.89 Å². The number of aryl methyl sites for hydroxylation is 1. The van der Waals surface area contributed by atoms with E-state index in [0.717, 1.165) is 38.4 Å². The van der Waals surface area contributed by atoms with Crippen LogP contribution >= 0.6 is 0 Å². The number of amides is 1. The number of hydrogen-bond acceptors (Lipinski definition) is 6. The zero-order valence-corrected chi connectivity index (χ0v) is 16.3. The first kappa shape index (κ1) is 19.3. The molecule has 3 heterocycles. The van der Waals surface area contributed by atoms with E-state index in [0.29, 0.717) is 35.6 Å². The molecule has 1 aliphatic heterocycles. The zero-order valence-electron chi connectivity index (χ0n) is 16.3. The second kappa shape index (κ2) is 8.94. The molecule has 2 aromatic heterocycles. The highest BCUT2D eigenvalue weighted by molar-refractivity contribution is 5.94. The summed E-state index contributed by atoms with van der Waals surface area (Å²) in [6, 6.07) is 3.59. The van der Waals surface area contributed by atoms with Gasteiger partial charge in [-0.1, -0.05) is 13.8 Å². The van der Waals surface area contributed by atoms with Crippen molar-refractivity contribution in [3.05, 3.63) is 35.5 Å². The molecule has 3 N–H and O–H groups in total. The molecule has 146 valence electrons. The highest BCUT2D eigenvalue weighted by Crippen LogP contribution is 2.17. The van der Waals surface area contributed by atoms with Gasteiger partial charge in [-0.25, -0.2) is 9.97 Å². The summed E-state index contributed by atoms with van der Waals surface area (Å²) < 4.78 is 0. The number of likely N-dealkylation sites (tertiary alicyclic amines) is 1. The van der Waals surface area contributed by atoms with E-state index < -0.39 is 0 Å². The van der Waals surface area contributed by atoms with Gasteiger partial charge in [0.25, 0.3) is 5.91 Å². The third kappa shape index (κ3) is 5.75. The quantitative estimate of drug-likeness (QED) is 0.655. The van der Waals surface area contributed by atoms with Crippen molar-refractivity contribution in [3.63, 3.8) is 0 Å². The van der Waals surface area contributed by atoms with Gasteiger partial charge in [-0.05, 0) is 43.9 Å². The molecule has 27 heavy (non-hydrogen) atoms. The summed E-state index contributed by atoms with van der Waals surface area (Å²) in [5.74, 6) is 3.30. The molecule has 0 saturated carbocycles. The maximum atomic E-state index is 12.3. The number of hydrogen-bond donors (Lipinski definition) is 3. The average molecular weight is 371 g/mol. The number of H-pyrrole nitrogens is 1. The van der Waals surface area contributed by atoms with Crippen LogP contribution in [0.3, 0.4) is 0 Å². The molecule has 8 nitrogen and oxygen atoms in total. The highest BCUT2D eigenvalue weighted by Gasteiger charge is 2.23. The Balaban J connectivity index is 1.42. The summed E-state index contributed by atoms with van der Waals surface area (Å²) in [5, 5.41) is 13.1. The number of carbonyl (C=O) groups is 1. The lowest BCUT2D eigenvalue weighted by Gasteiger charge is -2.18. The Morgan fingerprint density at radius 2 is 2.26 bits per heavy atom. The van der Waals surface area contributed by atoms with Crippen molar-refractivity contribution >= 4 is 11.7 Å². The molecule has 0 aromatic carbocycles. The molecule has 3 rings (SSSR count). The van der Waals surface area contributed by atoms with Crippen molar-refractivity contribution < 1.29 is 4.79 Å². The van der Waals surface area contributed by atoms with Crippen molar-refractivity contribution in [2.45, 2.75) is 33.7 Å². The molecular formula is C19H29N7O. The molecule has 1 fully saturated rings. The topological polar surface area (TPSA) is 98.8 Å². The standard InChI is InChI=1S/C19H29N7O/c1-13(2)11-26-7-6-15(12-26)8-22-19(27)16-4-5-17(20-9-16)21-10-18-23-14(3)24-25-18/h4-5,9,13,15H,6-8,10-12H2,1-3H3,(H,20,21)(H,22,27)(H,23,24,25). The molecule has 0 radical (unpaired) electrons. The predicted molar refractivity (Wildman–Crippen MR) is 104 cm³/mol. The SMILES string of the molecule is Cc1nc(CNc2ccc(C(=O)NCC3CCN(CC(C)C)C3)cn2)n[nH]1. The predicted octanol–water partition coefficient (Wildman–Crippen LogP) is 1.83. The number of aromatic nitrogens is 4. The number of rotatable bonds is 8. The van der Waals surface area contributed by atoms with Crippen molar-refractivity contribution in [1.29, 1.82) is 0 Å². The average Bonchev–Trinajstić information content (AvgIpc) is 3.26. The lowest BCUT2D eigenvalue weighted by atomic mass is 10.1. The normalized spacial score (nSPS) is 17.4. The summed E-state index contributed by atoms with van der Waals surface area (Å²) in [4.78, 5) is 23.4. The zero-order chi connectivity index (χ0) is 19.2. The van der Waals surface area contributed by atoms with Crippen LogP contribution in [0.25, 0.3) is 0 Å². The Morgan fingerprint density at radius 3 is 2.93 bits per heavy atom. The van der Waals surface area contributed by atoms with E-state index in [4.69, 9.17) is 0 Å². The highest BCUT2D eigenvalue weighted by atomic mass is 16.1. The fourth-order valence-electron chi connectivity index (χ4n) is 3.37. The first-order valence-electron chi connectivity index (χ1n) is 9.58. The van der Waals surface area contributed by atoms with Gasteiger partial charge in [0.05, 0.1) is 12.1 Å². The second-order valence-corrected chi connectivity index (χ2v) is 7.64. The number of nitrogens with zero attached hydrogens (tertiary/aromatic N) is 4. The summed E-state index contributed by atoms with van der Waals surface area (Å²) in [7, 11) is 0. The van der Waals surface area contributed by atoms with Crippen LogP contribution in [-0.2, 0) is 6.54 Å². The molecular weight excluding hydrogens is 342 g/mol. The Hall–Kier alpha value is -2.48. The monoisotopic (exact) mass is 371 g/mol. The largest absolute Gasteiger partial charge is 0.363 e. The fourth-order valence-corrected chi connectivity index (χ4v) is 3.37.